The summed E-state index contributed by atoms with van der Waals surface area (Å²) in [5.41, 5.74) is 2.30. The molecule has 0 saturated carbocycles. The summed E-state index contributed by atoms with van der Waals surface area (Å²) < 4.78 is 37.3. The summed E-state index contributed by atoms with van der Waals surface area (Å²) in [7, 11) is 0. The molecule has 1 saturated heterocycles. The molecule has 142 valence electrons. The molecule has 3 aromatic heterocycles. The van der Waals surface area contributed by atoms with Gasteiger partial charge in [0, 0.05) is 48.6 Å². The third-order valence-corrected chi connectivity index (χ3v) is 5.04. The lowest BCUT2D eigenvalue weighted by Gasteiger charge is -2.33. The molecule has 0 aromatic carbocycles. The summed E-state index contributed by atoms with van der Waals surface area (Å²) in [5.74, 6) is -0.441. The molecule has 9 heteroatoms. The maximum Gasteiger partial charge on any atom is 0.389 e. The predicted octanol–water partition coefficient (Wildman–Crippen LogP) is 3.55. The number of pyridine rings is 1. The van der Waals surface area contributed by atoms with Gasteiger partial charge in [-0.3, -0.25) is 9.78 Å². The van der Waals surface area contributed by atoms with Crippen molar-refractivity contribution in [1.29, 1.82) is 0 Å². The van der Waals surface area contributed by atoms with Crippen molar-refractivity contribution in [3.05, 3.63) is 30.2 Å². The molecule has 0 bridgehead atoms. The number of carbonyl (C=O) groups excluding carboxylic acids is 1. The number of aromatic nitrogens is 4. The van der Waals surface area contributed by atoms with E-state index in [0.717, 1.165) is 29.2 Å². The maximum atomic E-state index is 12.4. The Balaban J connectivity index is 1.62. The molecule has 1 unspecified atom stereocenters. The van der Waals surface area contributed by atoms with Crippen molar-refractivity contribution < 1.29 is 18.0 Å². The molecule has 4 heterocycles. The number of carbonyl (C=O) groups is 1. The van der Waals surface area contributed by atoms with E-state index in [1.165, 1.54) is 0 Å². The van der Waals surface area contributed by atoms with Crippen molar-refractivity contribution in [2.24, 2.45) is 0 Å². The van der Waals surface area contributed by atoms with E-state index < -0.39 is 24.9 Å². The monoisotopic (exact) mass is 377 g/mol. The number of piperidine rings is 1. The summed E-state index contributed by atoms with van der Waals surface area (Å²) in [6.07, 6.45) is 0.892. The molecule has 6 nitrogen and oxygen atoms in total. The van der Waals surface area contributed by atoms with Crippen LogP contribution in [0, 0.1) is 0 Å². The Morgan fingerprint density at radius 1 is 1.30 bits per heavy atom. The van der Waals surface area contributed by atoms with Crippen LogP contribution in [-0.4, -0.2) is 50.2 Å². The van der Waals surface area contributed by atoms with Crippen LogP contribution in [0.1, 0.15) is 37.2 Å². The Bertz CT molecular complexity index is 984. The fourth-order valence-electron chi connectivity index (χ4n) is 3.76. The molecule has 1 aliphatic heterocycles. The van der Waals surface area contributed by atoms with Gasteiger partial charge in [-0.2, -0.15) is 13.2 Å². The van der Waals surface area contributed by atoms with Gasteiger partial charge in [-0.25, -0.2) is 0 Å². The maximum absolute atomic E-state index is 12.4. The molecule has 4 rings (SSSR count). The largest absolute Gasteiger partial charge is 0.389 e. The first-order valence-corrected chi connectivity index (χ1v) is 8.84. The van der Waals surface area contributed by atoms with Gasteiger partial charge in [-0.1, -0.05) is 0 Å². The van der Waals surface area contributed by atoms with Crippen molar-refractivity contribution in [3.63, 3.8) is 0 Å². The summed E-state index contributed by atoms with van der Waals surface area (Å²) in [4.78, 5) is 21.1. The van der Waals surface area contributed by atoms with Crippen LogP contribution in [0.25, 0.3) is 21.9 Å². The number of fused-ring (bicyclic) bond motifs is 3. The van der Waals surface area contributed by atoms with Gasteiger partial charge in [0.2, 0.25) is 5.91 Å². The van der Waals surface area contributed by atoms with Gasteiger partial charge in [0.25, 0.3) is 0 Å². The highest BCUT2D eigenvalue weighted by Crippen LogP contribution is 2.34. The first-order valence-electron chi connectivity index (χ1n) is 8.84. The smallest absolute Gasteiger partial charge is 0.345 e. The molecule has 27 heavy (non-hydrogen) atoms. The topological polar surface area (TPSA) is 74.8 Å². The number of rotatable bonds is 3. The average Bonchev–Trinajstić information content (AvgIpc) is 3.14. The lowest BCUT2D eigenvalue weighted by molar-refractivity contribution is -0.149. The van der Waals surface area contributed by atoms with Gasteiger partial charge in [0.15, 0.2) is 5.65 Å². The zero-order valence-corrected chi connectivity index (χ0v) is 14.5. The second-order valence-corrected chi connectivity index (χ2v) is 6.86. The Morgan fingerprint density at radius 3 is 2.96 bits per heavy atom. The standard InChI is InChI=1S/C18H18F3N5O/c19-18(20,21)5-3-15(27)26-7-1-2-11(10-26)13-8-22-9-14-16(13)12-4-6-23-17(12)25-24-14/h4,6,8-9,11H,1-3,5,7,10H2,(H,23,25). The van der Waals surface area contributed by atoms with Gasteiger partial charge in [-0.15, -0.1) is 10.2 Å². The Labute approximate surface area is 152 Å². The molecule has 1 aliphatic rings. The number of likely N-dealkylation sites (tertiary alicyclic amines) is 1. The van der Waals surface area contributed by atoms with Gasteiger partial charge >= 0.3 is 6.18 Å². The van der Waals surface area contributed by atoms with Crippen LogP contribution in [0.3, 0.4) is 0 Å². The fourth-order valence-corrected chi connectivity index (χ4v) is 3.76. The number of alkyl halides is 3. The summed E-state index contributed by atoms with van der Waals surface area (Å²) in [6.45, 7) is 0.885. The average molecular weight is 377 g/mol. The summed E-state index contributed by atoms with van der Waals surface area (Å²) in [6, 6.07) is 1.92. The van der Waals surface area contributed by atoms with E-state index in [0.29, 0.717) is 24.3 Å². The van der Waals surface area contributed by atoms with E-state index in [2.05, 4.69) is 20.2 Å². The van der Waals surface area contributed by atoms with Crippen LogP contribution in [0.15, 0.2) is 24.7 Å². The Kier molecular flexibility index (Phi) is 4.45. The fraction of sp³-hybridized carbons (Fsp3) is 0.444. The van der Waals surface area contributed by atoms with Crippen molar-refractivity contribution in [2.45, 2.75) is 37.8 Å². The van der Waals surface area contributed by atoms with E-state index in [1.54, 1.807) is 23.5 Å². The normalized spacial score (nSPS) is 18.3. The molecule has 1 N–H and O–H groups in total. The number of H-pyrrole nitrogens is 1. The van der Waals surface area contributed by atoms with Gasteiger partial charge < -0.3 is 9.88 Å². The second kappa shape index (κ2) is 6.79. The minimum Gasteiger partial charge on any atom is -0.345 e. The lowest BCUT2D eigenvalue weighted by atomic mass is 9.88. The van der Waals surface area contributed by atoms with Gasteiger partial charge in [0.1, 0.15) is 5.52 Å². The number of hydrogen-bond donors (Lipinski definition) is 1. The molecule has 1 fully saturated rings. The highest BCUT2D eigenvalue weighted by molar-refractivity contribution is 6.04. The van der Waals surface area contributed by atoms with Crippen molar-refractivity contribution in [1.82, 2.24) is 25.1 Å². The van der Waals surface area contributed by atoms with E-state index in [1.807, 2.05) is 6.07 Å². The minimum atomic E-state index is -4.32. The number of hydrogen-bond acceptors (Lipinski definition) is 4. The van der Waals surface area contributed by atoms with Crippen molar-refractivity contribution in [2.75, 3.05) is 13.1 Å². The van der Waals surface area contributed by atoms with Gasteiger partial charge in [0.05, 0.1) is 12.6 Å². The zero-order valence-electron chi connectivity index (χ0n) is 14.5. The molecular weight excluding hydrogens is 359 g/mol. The predicted molar refractivity (Wildman–Crippen MR) is 93.0 cm³/mol. The number of nitrogens with zero attached hydrogens (tertiary/aromatic N) is 4. The quantitative estimate of drug-likeness (QED) is 0.757. The third kappa shape index (κ3) is 3.58. The highest BCUT2D eigenvalue weighted by atomic mass is 19.4. The van der Waals surface area contributed by atoms with Crippen LogP contribution >= 0.6 is 0 Å². The summed E-state index contributed by atoms with van der Waals surface area (Å²) >= 11 is 0. The number of nitrogens with one attached hydrogen (secondary N) is 1. The first-order chi connectivity index (χ1) is 12.9. The van der Waals surface area contributed by atoms with Crippen LogP contribution in [0.4, 0.5) is 13.2 Å². The van der Waals surface area contributed by atoms with Crippen molar-refractivity contribution in [3.8, 4) is 0 Å². The third-order valence-electron chi connectivity index (χ3n) is 5.04. The molecular formula is C18H18F3N5O. The van der Waals surface area contributed by atoms with E-state index in [9.17, 15) is 18.0 Å². The Morgan fingerprint density at radius 2 is 2.15 bits per heavy atom. The highest BCUT2D eigenvalue weighted by Gasteiger charge is 2.31. The molecule has 0 radical (unpaired) electrons. The molecule has 0 spiro atoms. The SMILES string of the molecule is O=C(CCC(F)(F)F)N1CCCC(c2cncc3nnc4[nH]ccc4c23)C1. The van der Waals surface area contributed by atoms with Gasteiger partial charge in [-0.05, 0) is 24.5 Å². The van der Waals surface area contributed by atoms with E-state index in [4.69, 9.17) is 0 Å². The van der Waals surface area contributed by atoms with Crippen LogP contribution < -0.4 is 0 Å². The Hall–Kier alpha value is -2.71. The molecule has 1 atom stereocenters. The first kappa shape index (κ1) is 17.7. The summed E-state index contributed by atoms with van der Waals surface area (Å²) in [5, 5.41) is 10.2. The minimum absolute atomic E-state index is 0.00656. The van der Waals surface area contributed by atoms with Crippen LogP contribution in [0.5, 0.6) is 0 Å². The number of aromatic amines is 1. The zero-order chi connectivity index (χ0) is 19.0. The second-order valence-electron chi connectivity index (χ2n) is 6.86. The lowest BCUT2D eigenvalue weighted by Crippen LogP contribution is -2.39. The number of halogens is 3. The van der Waals surface area contributed by atoms with E-state index in [-0.39, 0.29) is 5.92 Å². The number of amides is 1. The van der Waals surface area contributed by atoms with Crippen molar-refractivity contribution >= 4 is 27.8 Å². The molecule has 3 aromatic rings. The molecule has 1 amide bonds. The van der Waals surface area contributed by atoms with Crippen LogP contribution in [0.2, 0.25) is 0 Å². The van der Waals surface area contributed by atoms with E-state index >= 15 is 0 Å². The molecule has 0 aliphatic carbocycles. The van der Waals surface area contributed by atoms with Crippen LogP contribution in [-0.2, 0) is 4.79 Å².